The second kappa shape index (κ2) is 5.60. The summed E-state index contributed by atoms with van der Waals surface area (Å²) < 4.78 is 0.742. The predicted molar refractivity (Wildman–Crippen MR) is 80.4 cm³/mol. The van der Waals surface area contributed by atoms with Crippen LogP contribution in [0.3, 0.4) is 0 Å². The first-order valence-corrected chi connectivity index (χ1v) is 6.49. The Morgan fingerprint density at radius 1 is 1.33 bits per heavy atom. The number of nitrogens with zero attached hydrogens (tertiary/aromatic N) is 2. The van der Waals surface area contributed by atoms with E-state index < -0.39 is 0 Å². The Labute approximate surface area is 123 Å². The molecule has 1 aromatic heterocycles. The third-order valence-electron chi connectivity index (χ3n) is 2.14. The summed E-state index contributed by atoms with van der Waals surface area (Å²) in [7, 11) is 0. The van der Waals surface area contributed by atoms with E-state index in [0.717, 1.165) is 10.2 Å². The maximum Gasteiger partial charge on any atom is 0.159 e. The van der Waals surface area contributed by atoms with Crippen molar-refractivity contribution in [3.05, 3.63) is 45.8 Å². The second-order valence-corrected chi connectivity index (χ2v) is 4.98. The van der Waals surface area contributed by atoms with Gasteiger partial charge in [0.25, 0.3) is 0 Å². The maximum atomic E-state index is 6.01. The second-order valence-electron chi connectivity index (χ2n) is 3.34. The molecule has 0 radical (unpaired) electrons. The summed E-state index contributed by atoms with van der Waals surface area (Å²) in [5, 5.41) is 3.69. The van der Waals surface area contributed by atoms with Gasteiger partial charge in [0.05, 0.1) is 15.2 Å². The maximum absolute atomic E-state index is 6.01. The Balaban J connectivity index is 2.40. The number of hydrogen-bond acceptors (Lipinski definition) is 4. The highest BCUT2D eigenvalue weighted by molar-refractivity contribution is 9.10. The molecule has 3 N–H and O–H groups in total. The van der Waals surface area contributed by atoms with Gasteiger partial charge in [-0.05, 0) is 28.1 Å². The number of nitrogens with one attached hydrogen (secondary N) is 1. The molecule has 0 aliphatic heterocycles. The van der Waals surface area contributed by atoms with Crippen molar-refractivity contribution in [2.75, 3.05) is 5.32 Å². The summed E-state index contributed by atoms with van der Waals surface area (Å²) in [6, 6.07) is 5.46. The van der Waals surface area contributed by atoms with Crippen LogP contribution in [-0.4, -0.2) is 15.0 Å². The molecule has 0 spiro atoms. The number of benzene rings is 1. The Kier molecular flexibility index (Phi) is 4.11. The summed E-state index contributed by atoms with van der Waals surface area (Å²) in [5.41, 5.74) is 6.80. The molecule has 0 atom stereocenters. The van der Waals surface area contributed by atoms with Crippen molar-refractivity contribution in [3.63, 3.8) is 0 Å². The first-order valence-electron chi connectivity index (χ1n) is 4.91. The molecule has 7 heteroatoms. The zero-order valence-corrected chi connectivity index (χ0v) is 12.2. The molecule has 0 fully saturated rings. The van der Waals surface area contributed by atoms with Gasteiger partial charge < -0.3 is 11.1 Å². The van der Waals surface area contributed by atoms with Gasteiger partial charge in [-0.15, -0.1) is 0 Å². The topological polar surface area (TPSA) is 63.8 Å². The first-order chi connectivity index (χ1) is 8.59. The van der Waals surface area contributed by atoms with Crippen molar-refractivity contribution in [1.29, 1.82) is 0 Å². The molecular weight excluding hydrogens is 336 g/mol. The molecule has 92 valence electrons. The van der Waals surface area contributed by atoms with E-state index in [4.69, 9.17) is 29.6 Å². The summed E-state index contributed by atoms with van der Waals surface area (Å²) in [6.45, 7) is 0. The lowest BCUT2D eigenvalue weighted by Crippen LogP contribution is -2.15. The van der Waals surface area contributed by atoms with Crippen LogP contribution in [0.5, 0.6) is 0 Å². The van der Waals surface area contributed by atoms with E-state index in [1.807, 2.05) is 12.1 Å². The number of thiocarbonyl (C=S) groups is 1. The van der Waals surface area contributed by atoms with Crippen molar-refractivity contribution in [2.24, 2.45) is 5.73 Å². The summed E-state index contributed by atoms with van der Waals surface area (Å²) in [4.78, 5) is 8.43. The van der Waals surface area contributed by atoms with Gasteiger partial charge in [-0.1, -0.05) is 29.9 Å². The van der Waals surface area contributed by atoms with Crippen LogP contribution in [0.15, 0.2) is 35.1 Å². The minimum atomic E-state index is 0.184. The lowest BCUT2D eigenvalue weighted by atomic mass is 10.3. The quantitative estimate of drug-likeness (QED) is 0.837. The smallest absolute Gasteiger partial charge is 0.159 e. The summed E-state index contributed by atoms with van der Waals surface area (Å²) in [6.07, 6.45) is 3.09. The molecule has 0 unspecified atom stereocenters. The van der Waals surface area contributed by atoms with Gasteiger partial charge in [-0.3, -0.25) is 0 Å². The highest BCUT2D eigenvalue weighted by Gasteiger charge is 2.10. The Hall–Kier alpha value is -1.24. The van der Waals surface area contributed by atoms with E-state index in [1.54, 1.807) is 12.3 Å². The van der Waals surface area contributed by atoms with Crippen molar-refractivity contribution in [3.8, 4) is 0 Å². The molecular formula is C11H8BrClN4S. The average molecular weight is 344 g/mol. The zero-order valence-electron chi connectivity index (χ0n) is 9.02. The fourth-order valence-electron chi connectivity index (χ4n) is 1.34. The van der Waals surface area contributed by atoms with E-state index in [9.17, 15) is 0 Å². The van der Waals surface area contributed by atoms with Crippen LogP contribution in [0.25, 0.3) is 0 Å². The molecule has 0 saturated carbocycles. The molecule has 4 nitrogen and oxygen atoms in total. The van der Waals surface area contributed by atoms with Gasteiger partial charge in [0.15, 0.2) is 5.82 Å². The van der Waals surface area contributed by atoms with Crippen LogP contribution in [-0.2, 0) is 0 Å². The number of nitrogens with two attached hydrogens (primary N) is 1. The van der Waals surface area contributed by atoms with Crippen LogP contribution >= 0.6 is 39.7 Å². The molecule has 18 heavy (non-hydrogen) atoms. The molecule has 2 aromatic rings. The van der Waals surface area contributed by atoms with Gasteiger partial charge in [-0.2, -0.15) is 0 Å². The van der Waals surface area contributed by atoms with Crippen LogP contribution in [0.2, 0.25) is 5.02 Å². The molecule has 2 rings (SSSR count). The summed E-state index contributed by atoms with van der Waals surface area (Å²) in [5.74, 6) is 0.493. The van der Waals surface area contributed by atoms with Gasteiger partial charge in [0.2, 0.25) is 0 Å². The van der Waals surface area contributed by atoms with E-state index >= 15 is 0 Å². The fraction of sp³-hybridized carbons (Fsp3) is 0. The van der Waals surface area contributed by atoms with E-state index in [-0.39, 0.29) is 4.99 Å². The van der Waals surface area contributed by atoms with Crippen molar-refractivity contribution >= 4 is 56.2 Å². The van der Waals surface area contributed by atoms with Crippen LogP contribution in [0.1, 0.15) is 5.69 Å². The average Bonchev–Trinajstić information content (AvgIpc) is 2.35. The monoisotopic (exact) mass is 342 g/mol. The minimum absolute atomic E-state index is 0.184. The number of aromatic nitrogens is 2. The largest absolute Gasteiger partial charge is 0.388 e. The number of hydrogen-bond donors (Lipinski definition) is 2. The van der Waals surface area contributed by atoms with Gasteiger partial charge in [-0.25, -0.2) is 9.97 Å². The standard InChI is InChI=1S/C11H8BrClN4S/c12-8-6(13)2-1-3-7(8)17-11-9(10(14)18)15-4-5-16-11/h1-5H,(H2,14,18)(H,16,17). The number of anilines is 2. The Morgan fingerprint density at radius 3 is 2.78 bits per heavy atom. The first kappa shape index (κ1) is 13.2. The van der Waals surface area contributed by atoms with Crippen molar-refractivity contribution in [1.82, 2.24) is 9.97 Å². The van der Waals surface area contributed by atoms with Gasteiger partial charge in [0, 0.05) is 12.4 Å². The van der Waals surface area contributed by atoms with Gasteiger partial charge >= 0.3 is 0 Å². The molecule has 0 amide bonds. The molecule has 1 aromatic carbocycles. The number of rotatable bonds is 3. The molecule has 0 aliphatic carbocycles. The lowest BCUT2D eigenvalue weighted by Gasteiger charge is -2.11. The zero-order chi connectivity index (χ0) is 13.1. The van der Waals surface area contributed by atoms with E-state index in [1.165, 1.54) is 6.20 Å². The molecule has 0 bridgehead atoms. The number of halogens is 2. The Bertz CT molecular complexity index is 605. The van der Waals surface area contributed by atoms with E-state index in [0.29, 0.717) is 16.5 Å². The normalized spacial score (nSPS) is 10.1. The molecule has 1 heterocycles. The summed E-state index contributed by atoms with van der Waals surface area (Å²) >= 11 is 14.3. The van der Waals surface area contributed by atoms with Crippen LogP contribution in [0, 0.1) is 0 Å². The SMILES string of the molecule is NC(=S)c1nccnc1Nc1cccc(Cl)c1Br. The molecule has 0 aliphatic rings. The predicted octanol–water partition coefficient (Wildman–Crippen LogP) is 3.27. The Morgan fingerprint density at radius 2 is 2.06 bits per heavy atom. The van der Waals surface area contributed by atoms with Crippen molar-refractivity contribution < 1.29 is 0 Å². The molecule has 0 saturated heterocycles. The highest BCUT2D eigenvalue weighted by atomic mass is 79.9. The third kappa shape index (κ3) is 2.77. The minimum Gasteiger partial charge on any atom is -0.388 e. The fourth-order valence-corrected chi connectivity index (χ4v) is 2.03. The van der Waals surface area contributed by atoms with Crippen LogP contribution < -0.4 is 11.1 Å². The highest BCUT2D eigenvalue weighted by Crippen LogP contribution is 2.32. The van der Waals surface area contributed by atoms with Crippen LogP contribution in [0.4, 0.5) is 11.5 Å². The van der Waals surface area contributed by atoms with Crippen molar-refractivity contribution in [2.45, 2.75) is 0 Å². The lowest BCUT2D eigenvalue weighted by molar-refractivity contribution is 1.18. The van der Waals surface area contributed by atoms with Gasteiger partial charge in [0.1, 0.15) is 10.7 Å². The third-order valence-corrected chi connectivity index (χ3v) is 3.73. The van der Waals surface area contributed by atoms with E-state index in [2.05, 4.69) is 31.2 Å².